The van der Waals surface area contributed by atoms with Crippen molar-refractivity contribution in [3.05, 3.63) is 21.6 Å². The first kappa shape index (κ1) is 14.9. The van der Waals surface area contributed by atoms with Gasteiger partial charge in [0.1, 0.15) is 5.02 Å². The molecule has 0 unspecified atom stereocenters. The van der Waals surface area contributed by atoms with Gasteiger partial charge in [-0.25, -0.2) is 18.2 Å². The van der Waals surface area contributed by atoms with E-state index in [1.807, 2.05) is 0 Å². The van der Waals surface area contributed by atoms with Gasteiger partial charge in [0, 0.05) is 6.54 Å². The average molecular weight is 295 g/mol. The minimum Gasteiger partial charge on any atom is -0.381 e. The van der Waals surface area contributed by atoms with E-state index in [9.17, 15) is 13.2 Å². The quantitative estimate of drug-likeness (QED) is 0.805. The average Bonchev–Trinajstić information content (AvgIpc) is 2.22. The fraction of sp³-hybridized carbons (Fsp3) is 0.556. The number of anilines is 1. The Morgan fingerprint density at radius 1 is 1.56 bits per heavy atom. The molecular formula is C9H15ClN4O3S. The second-order valence-electron chi connectivity index (χ2n) is 4.01. The first-order valence-electron chi connectivity index (χ1n) is 5.24. The Balaban J connectivity index is 2.87. The summed E-state index contributed by atoms with van der Waals surface area (Å²) in [6.07, 6.45) is 1.38. The molecule has 0 aliphatic heterocycles. The molecule has 1 aromatic heterocycles. The third kappa shape index (κ3) is 3.97. The van der Waals surface area contributed by atoms with Crippen molar-refractivity contribution in [3.63, 3.8) is 0 Å². The minimum atomic E-state index is -3.55. The standard InChI is InChI=1S/C9H15ClN4O3S/c1-6(2)14-9(15)8(10)7(5-13-14)12-3-4-18(11,16)17/h5-6,12H,3-4H2,1-2H3,(H2,11,16,17). The lowest BCUT2D eigenvalue weighted by molar-refractivity contribution is 0.503. The fourth-order valence-electron chi connectivity index (χ4n) is 1.26. The van der Waals surface area contributed by atoms with Crippen molar-refractivity contribution in [2.45, 2.75) is 19.9 Å². The van der Waals surface area contributed by atoms with Gasteiger partial charge in [0.05, 0.1) is 23.7 Å². The molecule has 1 rings (SSSR count). The Morgan fingerprint density at radius 2 is 2.17 bits per heavy atom. The summed E-state index contributed by atoms with van der Waals surface area (Å²) >= 11 is 5.88. The predicted octanol–water partition coefficient (Wildman–Crippen LogP) is 0.178. The van der Waals surface area contributed by atoms with Crippen LogP contribution in [0.25, 0.3) is 0 Å². The van der Waals surface area contributed by atoms with E-state index in [2.05, 4.69) is 10.4 Å². The molecule has 0 spiro atoms. The molecular weight excluding hydrogens is 280 g/mol. The van der Waals surface area contributed by atoms with Crippen molar-refractivity contribution >= 4 is 27.3 Å². The number of rotatable bonds is 5. The predicted molar refractivity (Wildman–Crippen MR) is 70.4 cm³/mol. The molecule has 0 saturated carbocycles. The minimum absolute atomic E-state index is 0.0203. The number of halogens is 1. The summed E-state index contributed by atoms with van der Waals surface area (Å²) in [4.78, 5) is 11.8. The van der Waals surface area contributed by atoms with Crippen LogP contribution in [0, 0.1) is 0 Å². The molecule has 0 aliphatic carbocycles. The van der Waals surface area contributed by atoms with Gasteiger partial charge in [-0.2, -0.15) is 5.10 Å². The second kappa shape index (κ2) is 5.68. The summed E-state index contributed by atoms with van der Waals surface area (Å²) in [6.45, 7) is 3.67. The van der Waals surface area contributed by atoms with Crippen LogP contribution in [0.1, 0.15) is 19.9 Å². The van der Waals surface area contributed by atoms with Crippen LogP contribution in [0.4, 0.5) is 5.69 Å². The SMILES string of the molecule is CC(C)n1ncc(NCCS(N)(=O)=O)c(Cl)c1=O. The van der Waals surface area contributed by atoms with Gasteiger partial charge in [-0.15, -0.1) is 0 Å². The van der Waals surface area contributed by atoms with Crippen molar-refractivity contribution in [2.24, 2.45) is 5.14 Å². The zero-order valence-electron chi connectivity index (χ0n) is 10.1. The van der Waals surface area contributed by atoms with E-state index in [4.69, 9.17) is 16.7 Å². The van der Waals surface area contributed by atoms with Crippen LogP contribution in [0.15, 0.2) is 11.0 Å². The van der Waals surface area contributed by atoms with E-state index >= 15 is 0 Å². The number of nitrogens with zero attached hydrogens (tertiary/aromatic N) is 2. The van der Waals surface area contributed by atoms with E-state index in [1.165, 1.54) is 10.9 Å². The number of sulfonamides is 1. The molecule has 18 heavy (non-hydrogen) atoms. The van der Waals surface area contributed by atoms with E-state index in [0.717, 1.165) is 0 Å². The van der Waals surface area contributed by atoms with Crippen LogP contribution in [-0.4, -0.2) is 30.5 Å². The van der Waals surface area contributed by atoms with E-state index in [0.29, 0.717) is 5.69 Å². The van der Waals surface area contributed by atoms with E-state index in [1.54, 1.807) is 13.8 Å². The Kier molecular flexibility index (Phi) is 4.71. The summed E-state index contributed by atoms with van der Waals surface area (Å²) in [6, 6.07) is -0.103. The lowest BCUT2D eigenvalue weighted by atomic mass is 10.4. The number of nitrogens with one attached hydrogen (secondary N) is 1. The summed E-state index contributed by atoms with van der Waals surface area (Å²) in [5.74, 6) is -0.253. The highest BCUT2D eigenvalue weighted by atomic mass is 35.5. The summed E-state index contributed by atoms with van der Waals surface area (Å²) < 4.78 is 22.7. The normalized spacial score (nSPS) is 11.8. The van der Waals surface area contributed by atoms with Gasteiger partial charge in [-0.3, -0.25) is 4.79 Å². The maximum atomic E-state index is 11.8. The molecule has 0 fully saturated rings. The van der Waals surface area contributed by atoms with E-state index < -0.39 is 15.6 Å². The first-order chi connectivity index (χ1) is 8.22. The maximum absolute atomic E-state index is 11.8. The van der Waals surface area contributed by atoms with Crippen LogP contribution in [0.3, 0.4) is 0 Å². The van der Waals surface area contributed by atoms with Crippen LogP contribution in [-0.2, 0) is 10.0 Å². The van der Waals surface area contributed by atoms with Crippen molar-refractivity contribution in [1.29, 1.82) is 0 Å². The van der Waals surface area contributed by atoms with Crippen LogP contribution in [0.2, 0.25) is 5.02 Å². The van der Waals surface area contributed by atoms with Gasteiger partial charge in [0.15, 0.2) is 0 Å². The van der Waals surface area contributed by atoms with Crippen LogP contribution >= 0.6 is 11.6 Å². The molecule has 1 heterocycles. The van der Waals surface area contributed by atoms with Crippen molar-refractivity contribution in [3.8, 4) is 0 Å². The lowest BCUT2D eigenvalue weighted by Crippen LogP contribution is -2.27. The topological polar surface area (TPSA) is 107 Å². The number of aromatic nitrogens is 2. The van der Waals surface area contributed by atoms with Gasteiger partial charge < -0.3 is 5.32 Å². The molecule has 1 aromatic rings. The lowest BCUT2D eigenvalue weighted by Gasteiger charge is -2.11. The Morgan fingerprint density at radius 3 is 2.67 bits per heavy atom. The number of hydrogen-bond acceptors (Lipinski definition) is 5. The summed E-state index contributed by atoms with van der Waals surface area (Å²) in [5.41, 5.74) is -0.130. The molecule has 3 N–H and O–H groups in total. The molecule has 0 bridgehead atoms. The fourth-order valence-corrected chi connectivity index (χ4v) is 1.85. The molecule has 7 nitrogen and oxygen atoms in total. The Bertz CT molecular complexity index is 582. The third-order valence-corrected chi connectivity index (χ3v) is 3.27. The Hall–Kier alpha value is -1.12. The molecule has 102 valence electrons. The van der Waals surface area contributed by atoms with Crippen molar-refractivity contribution in [1.82, 2.24) is 9.78 Å². The van der Waals surface area contributed by atoms with Gasteiger partial charge in [0.2, 0.25) is 10.0 Å². The van der Waals surface area contributed by atoms with Gasteiger partial charge in [-0.05, 0) is 13.8 Å². The molecule has 0 amide bonds. The van der Waals surface area contributed by atoms with Crippen molar-refractivity contribution in [2.75, 3.05) is 17.6 Å². The zero-order chi connectivity index (χ0) is 13.9. The molecule has 0 atom stereocenters. The van der Waals surface area contributed by atoms with Gasteiger partial charge in [-0.1, -0.05) is 11.6 Å². The molecule has 0 radical (unpaired) electrons. The highest BCUT2D eigenvalue weighted by molar-refractivity contribution is 7.89. The highest BCUT2D eigenvalue weighted by Crippen LogP contribution is 2.15. The van der Waals surface area contributed by atoms with Gasteiger partial charge >= 0.3 is 0 Å². The molecule has 0 saturated heterocycles. The van der Waals surface area contributed by atoms with E-state index in [-0.39, 0.29) is 23.4 Å². The molecule has 0 aromatic carbocycles. The van der Waals surface area contributed by atoms with Crippen LogP contribution in [0.5, 0.6) is 0 Å². The number of primary sulfonamides is 1. The number of nitrogens with two attached hydrogens (primary N) is 1. The molecule has 0 aliphatic rings. The maximum Gasteiger partial charge on any atom is 0.287 e. The monoisotopic (exact) mass is 294 g/mol. The van der Waals surface area contributed by atoms with Crippen LogP contribution < -0.4 is 16.0 Å². The smallest absolute Gasteiger partial charge is 0.287 e. The third-order valence-electron chi connectivity index (χ3n) is 2.13. The molecule has 9 heteroatoms. The number of hydrogen-bond donors (Lipinski definition) is 2. The second-order valence-corrected chi connectivity index (χ2v) is 6.12. The highest BCUT2D eigenvalue weighted by Gasteiger charge is 2.11. The largest absolute Gasteiger partial charge is 0.381 e. The summed E-state index contributed by atoms with van der Waals surface area (Å²) in [5, 5.41) is 11.5. The summed E-state index contributed by atoms with van der Waals surface area (Å²) in [7, 11) is -3.55. The first-order valence-corrected chi connectivity index (χ1v) is 7.33. The zero-order valence-corrected chi connectivity index (χ0v) is 11.6. The van der Waals surface area contributed by atoms with Gasteiger partial charge in [0.25, 0.3) is 5.56 Å². The Labute approximate surface area is 110 Å². The van der Waals surface area contributed by atoms with Crippen molar-refractivity contribution < 1.29 is 8.42 Å².